The average Bonchev–Trinajstić information content (AvgIpc) is 2.53. The Labute approximate surface area is 135 Å². The van der Waals surface area contributed by atoms with Crippen LogP contribution in [0, 0.1) is 6.92 Å². The summed E-state index contributed by atoms with van der Waals surface area (Å²) in [5.41, 5.74) is 10.8. The highest BCUT2D eigenvalue weighted by Crippen LogP contribution is 2.28. The fourth-order valence-electron chi connectivity index (χ4n) is 2.65. The predicted molar refractivity (Wildman–Crippen MR) is 89.9 cm³/mol. The SMILES string of the molecule is Cc1cc(Cl)nc(-c2ccc(CN3CCOCC3)cc2)c1N. The molecular weight excluding hydrogens is 298 g/mol. The Morgan fingerprint density at radius 1 is 1.23 bits per heavy atom. The number of rotatable bonds is 3. The van der Waals surface area contributed by atoms with E-state index in [0.717, 1.165) is 49.7 Å². The molecule has 2 aromatic rings. The van der Waals surface area contributed by atoms with E-state index in [-0.39, 0.29) is 0 Å². The number of anilines is 1. The number of nitrogen functional groups attached to an aromatic ring is 1. The summed E-state index contributed by atoms with van der Waals surface area (Å²) < 4.78 is 5.37. The van der Waals surface area contributed by atoms with Crippen LogP contribution in [-0.4, -0.2) is 36.2 Å². The molecule has 116 valence electrons. The quantitative estimate of drug-likeness (QED) is 0.884. The summed E-state index contributed by atoms with van der Waals surface area (Å²) in [5.74, 6) is 0. The number of morpholine rings is 1. The molecule has 0 aliphatic carbocycles. The molecule has 1 aromatic heterocycles. The largest absolute Gasteiger partial charge is 0.397 e. The third kappa shape index (κ3) is 3.40. The van der Waals surface area contributed by atoms with E-state index in [2.05, 4.69) is 34.1 Å². The zero-order valence-electron chi connectivity index (χ0n) is 12.7. The fourth-order valence-corrected chi connectivity index (χ4v) is 2.90. The van der Waals surface area contributed by atoms with Crippen LogP contribution in [-0.2, 0) is 11.3 Å². The van der Waals surface area contributed by atoms with Gasteiger partial charge in [-0.05, 0) is 24.1 Å². The Bertz CT molecular complexity index is 652. The number of nitrogens with two attached hydrogens (primary N) is 1. The zero-order chi connectivity index (χ0) is 15.5. The monoisotopic (exact) mass is 317 g/mol. The lowest BCUT2D eigenvalue weighted by Gasteiger charge is -2.26. The number of ether oxygens (including phenoxy) is 1. The lowest BCUT2D eigenvalue weighted by atomic mass is 10.0. The molecule has 0 atom stereocenters. The molecule has 1 aliphatic heterocycles. The van der Waals surface area contributed by atoms with Crippen molar-refractivity contribution >= 4 is 17.3 Å². The van der Waals surface area contributed by atoms with Gasteiger partial charge in [0.15, 0.2) is 0 Å². The second-order valence-electron chi connectivity index (χ2n) is 5.61. The van der Waals surface area contributed by atoms with Crippen LogP contribution in [0.4, 0.5) is 5.69 Å². The Kier molecular flexibility index (Phi) is 4.62. The predicted octanol–water partition coefficient (Wildman–Crippen LogP) is 3.12. The molecule has 1 fully saturated rings. The molecule has 4 nitrogen and oxygen atoms in total. The van der Waals surface area contributed by atoms with E-state index < -0.39 is 0 Å². The number of aryl methyl sites for hydroxylation is 1. The summed E-state index contributed by atoms with van der Waals surface area (Å²) in [6.45, 7) is 6.51. The minimum atomic E-state index is 0.471. The summed E-state index contributed by atoms with van der Waals surface area (Å²) in [4.78, 5) is 6.76. The van der Waals surface area contributed by atoms with Crippen molar-refractivity contribution in [1.82, 2.24) is 9.88 Å². The molecule has 2 heterocycles. The van der Waals surface area contributed by atoms with Gasteiger partial charge in [-0.25, -0.2) is 4.98 Å². The van der Waals surface area contributed by atoms with Gasteiger partial charge in [0, 0.05) is 25.2 Å². The Morgan fingerprint density at radius 3 is 2.59 bits per heavy atom. The summed E-state index contributed by atoms with van der Waals surface area (Å²) in [5, 5.41) is 0.471. The van der Waals surface area contributed by atoms with E-state index in [0.29, 0.717) is 10.8 Å². The minimum Gasteiger partial charge on any atom is -0.397 e. The van der Waals surface area contributed by atoms with E-state index in [1.54, 1.807) is 6.07 Å². The van der Waals surface area contributed by atoms with Crippen LogP contribution in [0.2, 0.25) is 5.15 Å². The van der Waals surface area contributed by atoms with Crippen molar-refractivity contribution in [3.8, 4) is 11.3 Å². The number of halogens is 1. The molecule has 3 rings (SSSR count). The van der Waals surface area contributed by atoms with Crippen LogP contribution in [0.3, 0.4) is 0 Å². The van der Waals surface area contributed by atoms with Crippen LogP contribution in [0.25, 0.3) is 11.3 Å². The number of hydrogen-bond donors (Lipinski definition) is 1. The molecule has 5 heteroatoms. The maximum absolute atomic E-state index is 6.13. The maximum atomic E-state index is 6.13. The van der Waals surface area contributed by atoms with Crippen LogP contribution in [0.5, 0.6) is 0 Å². The molecule has 0 radical (unpaired) electrons. The third-order valence-corrected chi connectivity index (χ3v) is 4.17. The molecule has 0 amide bonds. The van der Waals surface area contributed by atoms with Crippen molar-refractivity contribution in [2.75, 3.05) is 32.0 Å². The van der Waals surface area contributed by atoms with Crippen LogP contribution < -0.4 is 5.73 Å². The molecule has 1 aromatic carbocycles. The summed E-state index contributed by atoms with van der Waals surface area (Å²) >= 11 is 6.05. The first-order valence-electron chi connectivity index (χ1n) is 7.45. The molecule has 0 bridgehead atoms. The van der Waals surface area contributed by atoms with Gasteiger partial charge in [0.1, 0.15) is 5.15 Å². The van der Waals surface area contributed by atoms with Gasteiger partial charge < -0.3 is 10.5 Å². The Balaban J connectivity index is 1.79. The zero-order valence-corrected chi connectivity index (χ0v) is 13.4. The van der Waals surface area contributed by atoms with E-state index in [9.17, 15) is 0 Å². The highest BCUT2D eigenvalue weighted by Gasteiger charge is 2.12. The molecule has 2 N–H and O–H groups in total. The van der Waals surface area contributed by atoms with Gasteiger partial charge in [-0.1, -0.05) is 35.9 Å². The van der Waals surface area contributed by atoms with Crippen molar-refractivity contribution < 1.29 is 4.74 Å². The van der Waals surface area contributed by atoms with Gasteiger partial charge in [-0.15, -0.1) is 0 Å². The number of pyridine rings is 1. The first-order chi connectivity index (χ1) is 10.6. The average molecular weight is 318 g/mol. The fraction of sp³-hybridized carbons (Fsp3) is 0.353. The van der Waals surface area contributed by atoms with Gasteiger partial charge in [-0.2, -0.15) is 0 Å². The number of aromatic nitrogens is 1. The van der Waals surface area contributed by atoms with E-state index in [1.807, 2.05) is 6.92 Å². The molecule has 22 heavy (non-hydrogen) atoms. The van der Waals surface area contributed by atoms with Crippen LogP contribution >= 0.6 is 11.6 Å². The lowest BCUT2D eigenvalue weighted by Crippen LogP contribution is -2.35. The minimum absolute atomic E-state index is 0.471. The van der Waals surface area contributed by atoms with E-state index in [4.69, 9.17) is 22.1 Å². The smallest absolute Gasteiger partial charge is 0.130 e. The van der Waals surface area contributed by atoms with Gasteiger partial charge in [-0.3, -0.25) is 4.90 Å². The molecule has 0 unspecified atom stereocenters. The number of nitrogens with zero attached hydrogens (tertiary/aromatic N) is 2. The van der Waals surface area contributed by atoms with Gasteiger partial charge in [0.25, 0.3) is 0 Å². The molecule has 1 aliphatic rings. The Hall–Kier alpha value is -1.62. The first kappa shape index (κ1) is 15.3. The highest BCUT2D eigenvalue weighted by atomic mass is 35.5. The van der Waals surface area contributed by atoms with Crippen LogP contribution in [0.15, 0.2) is 30.3 Å². The third-order valence-electron chi connectivity index (χ3n) is 3.97. The number of benzene rings is 1. The van der Waals surface area contributed by atoms with E-state index in [1.165, 1.54) is 5.56 Å². The summed E-state index contributed by atoms with van der Waals surface area (Å²) in [6.07, 6.45) is 0. The lowest BCUT2D eigenvalue weighted by molar-refractivity contribution is 0.0342. The van der Waals surface area contributed by atoms with Crippen molar-refractivity contribution in [1.29, 1.82) is 0 Å². The standard InChI is InChI=1S/C17H20ClN3O/c1-12-10-15(18)20-17(16(12)19)14-4-2-13(3-5-14)11-21-6-8-22-9-7-21/h2-5,10H,6-9,11,19H2,1H3. The summed E-state index contributed by atoms with van der Waals surface area (Å²) in [7, 11) is 0. The van der Waals surface area contributed by atoms with Gasteiger partial charge in [0.05, 0.1) is 24.6 Å². The van der Waals surface area contributed by atoms with Crippen molar-refractivity contribution in [2.45, 2.75) is 13.5 Å². The molecular formula is C17H20ClN3O. The second-order valence-corrected chi connectivity index (χ2v) is 6.00. The molecule has 0 saturated carbocycles. The maximum Gasteiger partial charge on any atom is 0.130 e. The summed E-state index contributed by atoms with van der Waals surface area (Å²) in [6, 6.07) is 10.2. The van der Waals surface area contributed by atoms with Gasteiger partial charge in [0.2, 0.25) is 0 Å². The number of hydrogen-bond acceptors (Lipinski definition) is 4. The van der Waals surface area contributed by atoms with Crippen LogP contribution in [0.1, 0.15) is 11.1 Å². The second kappa shape index (κ2) is 6.65. The van der Waals surface area contributed by atoms with E-state index >= 15 is 0 Å². The Morgan fingerprint density at radius 2 is 1.91 bits per heavy atom. The molecule has 1 saturated heterocycles. The van der Waals surface area contributed by atoms with Crippen molar-refractivity contribution in [3.63, 3.8) is 0 Å². The van der Waals surface area contributed by atoms with Crippen molar-refractivity contribution in [2.24, 2.45) is 0 Å². The normalized spacial score (nSPS) is 15.9. The molecule has 0 spiro atoms. The van der Waals surface area contributed by atoms with Crippen molar-refractivity contribution in [3.05, 3.63) is 46.6 Å². The topological polar surface area (TPSA) is 51.4 Å². The van der Waals surface area contributed by atoms with Gasteiger partial charge >= 0.3 is 0 Å². The highest BCUT2D eigenvalue weighted by molar-refractivity contribution is 6.29. The first-order valence-corrected chi connectivity index (χ1v) is 7.83.